The number of carbonyl (C=O) groups excluding carboxylic acids is 3. The first-order valence-corrected chi connectivity index (χ1v) is 20.9. The standard InChI is InChI=1S/C13H24FNO3.C13H25NO4.C11H21NO4.C5H12FNO.ClH/c1-7-9(14)10-8-17-13(5,6)15(10)11(16)18-12(2,3)4;1-7-10(15)9-8-17-13(5,6)14(9)11(16)18-12(2,3)4;1-10(2,3)16-9(13)12-8(14-6)7-15-11(12,4)5;1-2-4(6)5(7)3-8;/h9-10H,7-8H2,1-6H3;9-10,15H,7-8H2,1-6H3;8H,7H2,1-6H3;4-5,8H,2-3,7H2,1H3;1H/t9-,10+;9-,10?;8-;4-,5+;/m0100./s1. The van der Waals surface area contributed by atoms with Gasteiger partial charge in [-0.05, 0) is 123 Å². The maximum Gasteiger partial charge on any atom is 0.414 e. The number of nitrogens with zero attached hydrogens (tertiary/aromatic N) is 3. The third-order valence-electron chi connectivity index (χ3n) is 9.26. The summed E-state index contributed by atoms with van der Waals surface area (Å²) in [7, 11) is 1.55. The van der Waals surface area contributed by atoms with E-state index in [4.69, 9.17) is 44.0 Å². The number of aliphatic hydroxyl groups is 2. The first-order chi connectivity index (χ1) is 27.1. The summed E-state index contributed by atoms with van der Waals surface area (Å²) >= 11 is 0. The SMILES string of the molecule is CCC(O)[C@H]1COC(C)(C)N1C(=O)OC(C)(C)C.CC[C@H](F)[C@H](N)CO.CC[C@H](F)[C@H]1COC(C)(C)N1C(=O)OC(C)(C)C.CO[C@H]1COC(C)(C)N1C(=O)OC(C)(C)C.Cl. The van der Waals surface area contributed by atoms with Crippen LogP contribution < -0.4 is 5.73 Å². The van der Waals surface area contributed by atoms with Crippen molar-refractivity contribution in [2.45, 2.75) is 221 Å². The molecule has 3 rings (SSSR count). The topological polar surface area (TPSA) is 192 Å². The Morgan fingerprint density at radius 2 is 1.02 bits per heavy atom. The van der Waals surface area contributed by atoms with Gasteiger partial charge in [-0.15, -0.1) is 12.4 Å². The molecule has 61 heavy (non-hydrogen) atoms. The van der Waals surface area contributed by atoms with E-state index < -0.39 is 82.8 Å². The molecular formula is C42H83ClF2N4O12. The van der Waals surface area contributed by atoms with Gasteiger partial charge in [0, 0.05) is 7.11 Å². The Balaban J connectivity index is 0. The zero-order valence-corrected chi connectivity index (χ0v) is 41.4. The molecule has 0 aromatic carbocycles. The molecule has 0 saturated carbocycles. The number of methoxy groups -OCH3 is 1. The molecule has 3 aliphatic heterocycles. The summed E-state index contributed by atoms with van der Waals surface area (Å²) in [5.41, 5.74) is 1.16. The Morgan fingerprint density at radius 3 is 1.33 bits per heavy atom. The lowest BCUT2D eigenvalue weighted by Gasteiger charge is -2.36. The van der Waals surface area contributed by atoms with Crippen molar-refractivity contribution >= 4 is 30.7 Å². The van der Waals surface area contributed by atoms with Gasteiger partial charge in [0.25, 0.3) is 0 Å². The summed E-state index contributed by atoms with van der Waals surface area (Å²) < 4.78 is 63.9. The van der Waals surface area contributed by atoms with Gasteiger partial charge in [0.1, 0.15) is 46.3 Å². The fourth-order valence-electron chi connectivity index (χ4n) is 6.10. The third-order valence-corrected chi connectivity index (χ3v) is 9.26. The van der Waals surface area contributed by atoms with E-state index in [-0.39, 0.29) is 37.9 Å². The number of aliphatic hydroxyl groups excluding tert-OH is 2. The Kier molecular flexibility index (Phi) is 24.6. The zero-order chi connectivity index (χ0) is 47.4. The predicted octanol–water partition coefficient (Wildman–Crippen LogP) is 7.67. The molecule has 0 aromatic rings. The van der Waals surface area contributed by atoms with Gasteiger partial charge in [0.05, 0.1) is 50.7 Å². The number of alkyl halides is 2. The summed E-state index contributed by atoms with van der Waals surface area (Å²) in [5.74, 6) is 0. The molecule has 3 aliphatic rings. The Hall–Kier alpha value is -2.32. The lowest BCUT2D eigenvalue weighted by Crippen LogP contribution is -2.53. The van der Waals surface area contributed by atoms with Crippen LogP contribution >= 0.6 is 12.4 Å². The number of amides is 3. The highest BCUT2D eigenvalue weighted by molar-refractivity contribution is 5.85. The van der Waals surface area contributed by atoms with E-state index in [2.05, 4.69) is 0 Å². The molecule has 364 valence electrons. The highest BCUT2D eigenvalue weighted by Gasteiger charge is 2.50. The molecule has 3 heterocycles. The Morgan fingerprint density at radius 1 is 0.672 bits per heavy atom. The smallest absolute Gasteiger partial charge is 0.414 e. The van der Waals surface area contributed by atoms with E-state index in [1.54, 1.807) is 69.4 Å². The highest BCUT2D eigenvalue weighted by atomic mass is 35.5. The van der Waals surface area contributed by atoms with Crippen LogP contribution in [0.3, 0.4) is 0 Å². The van der Waals surface area contributed by atoms with Crippen molar-refractivity contribution < 1.29 is 66.5 Å². The molecule has 3 amide bonds. The fourth-order valence-corrected chi connectivity index (χ4v) is 6.10. The van der Waals surface area contributed by atoms with Gasteiger partial charge in [-0.1, -0.05) is 20.8 Å². The van der Waals surface area contributed by atoms with E-state index in [0.717, 1.165) is 0 Å². The monoisotopic (exact) mass is 909 g/mol. The van der Waals surface area contributed by atoms with Crippen molar-refractivity contribution in [3.63, 3.8) is 0 Å². The van der Waals surface area contributed by atoms with Gasteiger partial charge < -0.3 is 49.1 Å². The van der Waals surface area contributed by atoms with Crippen LogP contribution in [0.2, 0.25) is 0 Å². The summed E-state index contributed by atoms with van der Waals surface area (Å²) in [6.45, 7) is 33.0. The van der Waals surface area contributed by atoms with Crippen molar-refractivity contribution in [2.24, 2.45) is 5.73 Å². The average molecular weight is 910 g/mol. The molecule has 3 saturated heterocycles. The van der Waals surface area contributed by atoms with E-state index in [1.165, 1.54) is 14.7 Å². The minimum Gasteiger partial charge on any atom is -0.444 e. The number of carbonyl (C=O) groups is 3. The molecule has 3 fully saturated rings. The van der Waals surface area contributed by atoms with E-state index in [9.17, 15) is 28.3 Å². The summed E-state index contributed by atoms with van der Waals surface area (Å²) in [6, 6.07) is -1.61. The lowest BCUT2D eigenvalue weighted by molar-refractivity contribution is -0.0823. The van der Waals surface area contributed by atoms with Crippen LogP contribution in [0.25, 0.3) is 0 Å². The van der Waals surface area contributed by atoms with Crippen LogP contribution in [0.5, 0.6) is 0 Å². The van der Waals surface area contributed by atoms with Gasteiger partial charge >= 0.3 is 18.3 Å². The zero-order valence-electron chi connectivity index (χ0n) is 40.6. The average Bonchev–Trinajstić information content (AvgIpc) is 3.72. The molecule has 7 atom stereocenters. The fraction of sp³-hybridized carbons (Fsp3) is 0.929. The van der Waals surface area contributed by atoms with E-state index >= 15 is 0 Å². The predicted molar refractivity (Wildman–Crippen MR) is 232 cm³/mol. The maximum atomic E-state index is 13.9. The van der Waals surface area contributed by atoms with Crippen LogP contribution in [-0.2, 0) is 33.2 Å². The molecule has 0 bridgehead atoms. The summed E-state index contributed by atoms with van der Waals surface area (Å²) in [5, 5.41) is 18.2. The molecule has 16 nitrogen and oxygen atoms in total. The Bertz CT molecular complexity index is 1260. The summed E-state index contributed by atoms with van der Waals surface area (Å²) in [4.78, 5) is 40.7. The second-order valence-electron chi connectivity index (χ2n) is 19.3. The van der Waals surface area contributed by atoms with Crippen molar-refractivity contribution in [1.82, 2.24) is 14.7 Å². The van der Waals surface area contributed by atoms with Crippen molar-refractivity contribution in [3.05, 3.63) is 0 Å². The van der Waals surface area contributed by atoms with Gasteiger partial charge in [0.2, 0.25) is 0 Å². The van der Waals surface area contributed by atoms with Crippen LogP contribution in [0.15, 0.2) is 0 Å². The quantitative estimate of drug-likeness (QED) is 0.201. The van der Waals surface area contributed by atoms with E-state index in [1.807, 2.05) is 62.3 Å². The van der Waals surface area contributed by atoms with Crippen LogP contribution in [0.4, 0.5) is 23.2 Å². The largest absolute Gasteiger partial charge is 0.444 e. The minimum atomic E-state index is -1.10. The highest BCUT2D eigenvalue weighted by Crippen LogP contribution is 2.34. The first kappa shape index (κ1) is 60.8. The number of halogens is 3. The molecular weight excluding hydrogens is 826 g/mol. The Labute approximate surface area is 371 Å². The van der Waals surface area contributed by atoms with Crippen LogP contribution in [0.1, 0.15) is 144 Å². The van der Waals surface area contributed by atoms with Gasteiger partial charge in [-0.3, -0.25) is 14.7 Å². The van der Waals surface area contributed by atoms with Crippen molar-refractivity contribution in [2.75, 3.05) is 33.5 Å². The van der Waals surface area contributed by atoms with Crippen molar-refractivity contribution in [3.8, 4) is 0 Å². The number of ether oxygens (including phenoxy) is 7. The molecule has 0 aliphatic carbocycles. The second kappa shape index (κ2) is 24.7. The van der Waals surface area contributed by atoms with Crippen molar-refractivity contribution in [1.29, 1.82) is 0 Å². The van der Waals surface area contributed by atoms with Crippen LogP contribution in [0, 0.1) is 0 Å². The van der Waals surface area contributed by atoms with Gasteiger partial charge in [-0.25, -0.2) is 23.2 Å². The molecule has 19 heteroatoms. The van der Waals surface area contributed by atoms with Gasteiger partial charge in [-0.2, -0.15) is 0 Å². The molecule has 1 unspecified atom stereocenters. The number of nitrogens with two attached hydrogens (primary N) is 1. The second-order valence-corrected chi connectivity index (χ2v) is 19.3. The normalized spacial score (nSPS) is 23.6. The number of hydrogen-bond donors (Lipinski definition) is 3. The van der Waals surface area contributed by atoms with E-state index in [0.29, 0.717) is 32.5 Å². The maximum absolute atomic E-state index is 13.9. The van der Waals surface area contributed by atoms with Crippen LogP contribution in [-0.4, -0.2) is 154 Å². The molecule has 0 aromatic heterocycles. The lowest BCUT2D eigenvalue weighted by atomic mass is 10.1. The minimum absolute atomic E-state index is 0. The number of hydrogen-bond acceptors (Lipinski definition) is 13. The van der Waals surface area contributed by atoms with Gasteiger partial charge in [0.15, 0.2) is 6.23 Å². The number of rotatable bonds is 8. The summed E-state index contributed by atoms with van der Waals surface area (Å²) in [6.07, 6.45) is -3.21. The first-order valence-electron chi connectivity index (χ1n) is 20.9. The molecule has 0 spiro atoms. The molecule has 0 radical (unpaired) electrons. The third kappa shape index (κ3) is 19.9. The molecule has 4 N–H and O–H groups in total.